The Labute approximate surface area is 170 Å². The van der Waals surface area contributed by atoms with Crippen LogP contribution in [-0.2, 0) is 13.0 Å². The van der Waals surface area contributed by atoms with Gasteiger partial charge in [-0.1, -0.05) is 19.1 Å². The van der Waals surface area contributed by atoms with Crippen LogP contribution in [0.5, 0.6) is 5.75 Å². The van der Waals surface area contributed by atoms with Gasteiger partial charge in [-0.25, -0.2) is 9.98 Å². The van der Waals surface area contributed by atoms with E-state index in [0.717, 1.165) is 52.1 Å². The molecule has 3 rings (SSSR count). The molecule has 2 N–H and O–H groups in total. The first-order chi connectivity index (χ1) is 13.6. The normalized spacial score (nSPS) is 12.9. The molecular weight excluding hydrogens is 372 g/mol. The van der Waals surface area contributed by atoms with Gasteiger partial charge in [0.05, 0.1) is 29.9 Å². The monoisotopic (exact) mass is 400 g/mol. The predicted molar refractivity (Wildman–Crippen MR) is 115 cm³/mol. The fourth-order valence-corrected chi connectivity index (χ4v) is 3.61. The van der Waals surface area contributed by atoms with Crippen molar-refractivity contribution in [3.05, 3.63) is 46.1 Å². The number of para-hydroxylation sites is 1. The van der Waals surface area contributed by atoms with Crippen LogP contribution < -0.4 is 15.4 Å². The first kappa shape index (κ1) is 20.2. The minimum atomic E-state index is -0.0405. The third-order valence-electron chi connectivity index (χ3n) is 4.25. The zero-order chi connectivity index (χ0) is 19.9. The number of rotatable bonds is 8. The van der Waals surface area contributed by atoms with Crippen LogP contribution in [0, 0.1) is 0 Å². The van der Waals surface area contributed by atoms with Crippen molar-refractivity contribution in [2.45, 2.75) is 46.7 Å². The Kier molecular flexibility index (Phi) is 6.92. The van der Waals surface area contributed by atoms with Crippen molar-refractivity contribution < 1.29 is 9.15 Å². The lowest BCUT2D eigenvalue weighted by atomic mass is 10.2. The number of hydrogen-bond donors (Lipinski definition) is 2. The Morgan fingerprint density at radius 2 is 2.18 bits per heavy atom. The molecule has 0 spiro atoms. The molecule has 0 amide bonds. The fraction of sp³-hybridized carbons (Fsp3) is 0.429. The zero-order valence-electron chi connectivity index (χ0n) is 16.9. The average molecular weight is 401 g/mol. The highest BCUT2D eigenvalue weighted by Gasteiger charge is 2.15. The summed E-state index contributed by atoms with van der Waals surface area (Å²) in [4.78, 5) is 9.25. The van der Waals surface area contributed by atoms with Crippen LogP contribution in [0.3, 0.4) is 0 Å². The van der Waals surface area contributed by atoms with Crippen LogP contribution in [0.2, 0.25) is 0 Å². The van der Waals surface area contributed by atoms with Gasteiger partial charge in [0.1, 0.15) is 5.76 Å². The third-order valence-corrected chi connectivity index (χ3v) is 5.29. The molecule has 0 aliphatic rings. The molecule has 0 saturated carbocycles. The van der Waals surface area contributed by atoms with E-state index in [-0.39, 0.29) is 6.04 Å². The van der Waals surface area contributed by atoms with E-state index in [1.165, 1.54) is 0 Å². The molecule has 1 atom stereocenters. The van der Waals surface area contributed by atoms with Gasteiger partial charge in [-0.3, -0.25) is 0 Å². The van der Waals surface area contributed by atoms with Crippen molar-refractivity contribution in [2.75, 3.05) is 13.2 Å². The summed E-state index contributed by atoms with van der Waals surface area (Å²) in [6.45, 7) is 10.1. The number of guanidine groups is 1. The van der Waals surface area contributed by atoms with Gasteiger partial charge in [0.15, 0.2) is 17.3 Å². The molecule has 0 aliphatic carbocycles. The van der Waals surface area contributed by atoms with Crippen molar-refractivity contribution >= 4 is 28.3 Å². The molecule has 1 unspecified atom stereocenters. The molecule has 7 heteroatoms. The van der Waals surface area contributed by atoms with Crippen LogP contribution in [0.15, 0.2) is 39.1 Å². The molecule has 6 nitrogen and oxygen atoms in total. The van der Waals surface area contributed by atoms with Gasteiger partial charge in [-0.15, -0.1) is 11.3 Å². The second-order valence-electron chi connectivity index (χ2n) is 6.40. The number of nitrogens with zero attached hydrogens (tertiary/aromatic N) is 2. The average Bonchev–Trinajstić information content (AvgIpc) is 3.34. The Morgan fingerprint density at radius 1 is 1.32 bits per heavy atom. The standard InChI is InChI=1S/C21H28N4O2S/c1-5-19-25-16(13-28-19)12-23-21(22-6-2)24-14(4)18-11-15-9-8-10-17(26-7-3)20(15)27-18/h8-11,13-14H,5-7,12H2,1-4H3,(H2,22,23,24). The molecule has 0 radical (unpaired) electrons. The highest BCUT2D eigenvalue weighted by Crippen LogP contribution is 2.31. The molecule has 2 heterocycles. The number of nitrogens with one attached hydrogen (secondary N) is 2. The van der Waals surface area contributed by atoms with Crippen LogP contribution in [-0.4, -0.2) is 24.1 Å². The summed E-state index contributed by atoms with van der Waals surface area (Å²) in [6.07, 6.45) is 0.958. The van der Waals surface area contributed by atoms with Gasteiger partial charge in [0.25, 0.3) is 0 Å². The Balaban J connectivity index is 1.74. The summed E-state index contributed by atoms with van der Waals surface area (Å²) >= 11 is 1.68. The number of aryl methyl sites for hydroxylation is 1. The quantitative estimate of drug-likeness (QED) is 0.425. The lowest BCUT2D eigenvalue weighted by molar-refractivity contribution is 0.336. The lowest BCUT2D eigenvalue weighted by Crippen LogP contribution is -2.38. The van der Waals surface area contributed by atoms with Crippen molar-refractivity contribution in [1.82, 2.24) is 15.6 Å². The first-order valence-electron chi connectivity index (χ1n) is 9.77. The molecule has 28 heavy (non-hydrogen) atoms. The van der Waals surface area contributed by atoms with Gasteiger partial charge in [0, 0.05) is 17.3 Å². The fourth-order valence-electron chi connectivity index (χ4n) is 2.88. The molecule has 0 saturated heterocycles. The summed E-state index contributed by atoms with van der Waals surface area (Å²) in [5.74, 6) is 2.36. The molecule has 0 aliphatic heterocycles. The molecule has 2 aromatic heterocycles. The minimum absolute atomic E-state index is 0.0405. The van der Waals surface area contributed by atoms with Crippen molar-refractivity contribution in [3.8, 4) is 5.75 Å². The van der Waals surface area contributed by atoms with Crippen molar-refractivity contribution in [1.29, 1.82) is 0 Å². The van der Waals surface area contributed by atoms with E-state index in [1.54, 1.807) is 11.3 Å². The maximum Gasteiger partial charge on any atom is 0.192 e. The van der Waals surface area contributed by atoms with Crippen LogP contribution in [0.25, 0.3) is 11.0 Å². The summed E-state index contributed by atoms with van der Waals surface area (Å²) < 4.78 is 11.8. The highest BCUT2D eigenvalue weighted by molar-refractivity contribution is 7.09. The molecule has 150 valence electrons. The Morgan fingerprint density at radius 3 is 2.89 bits per heavy atom. The van der Waals surface area contributed by atoms with Crippen LogP contribution in [0.4, 0.5) is 0 Å². The largest absolute Gasteiger partial charge is 0.490 e. The van der Waals surface area contributed by atoms with Gasteiger partial charge in [-0.05, 0) is 39.3 Å². The Bertz CT molecular complexity index is 932. The summed E-state index contributed by atoms with van der Waals surface area (Å²) in [5, 5.41) is 11.0. The molecule has 3 aromatic rings. The maximum absolute atomic E-state index is 6.09. The Hall–Kier alpha value is -2.54. The van der Waals surface area contributed by atoms with E-state index in [0.29, 0.717) is 13.2 Å². The lowest BCUT2D eigenvalue weighted by Gasteiger charge is -2.16. The number of furan rings is 1. The maximum atomic E-state index is 6.09. The summed E-state index contributed by atoms with van der Waals surface area (Å²) in [7, 11) is 0. The molecule has 0 bridgehead atoms. The number of fused-ring (bicyclic) bond motifs is 1. The van der Waals surface area contributed by atoms with E-state index in [1.807, 2.05) is 31.2 Å². The number of thiazole rings is 1. The number of hydrogen-bond acceptors (Lipinski definition) is 5. The molecule has 0 fully saturated rings. The second kappa shape index (κ2) is 9.59. The molecule has 1 aromatic carbocycles. The third kappa shape index (κ3) is 4.84. The molecular formula is C21H28N4O2S. The SMILES string of the molecule is CCNC(=NCc1csc(CC)n1)NC(C)c1cc2cccc(OCC)c2o1. The number of aliphatic imine (C=N–C) groups is 1. The van der Waals surface area contributed by atoms with Gasteiger partial charge in [-0.2, -0.15) is 0 Å². The summed E-state index contributed by atoms with van der Waals surface area (Å²) in [6, 6.07) is 7.95. The smallest absolute Gasteiger partial charge is 0.192 e. The number of benzene rings is 1. The van der Waals surface area contributed by atoms with Crippen molar-refractivity contribution in [2.24, 2.45) is 4.99 Å². The van der Waals surface area contributed by atoms with Crippen LogP contribution >= 0.6 is 11.3 Å². The van der Waals surface area contributed by atoms with Gasteiger partial charge < -0.3 is 19.8 Å². The summed E-state index contributed by atoms with van der Waals surface area (Å²) in [5.41, 5.74) is 1.78. The predicted octanol–water partition coefficient (Wildman–Crippen LogP) is 4.67. The van der Waals surface area contributed by atoms with Gasteiger partial charge >= 0.3 is 0 Å². The minimum Gasteiger partial charge on any atom is -0.490 e. The van der Waals surface area contributed by atoms with Crippen LogP contribution in [0.1, 0.15) is 50.2 Å². The van der Waals surface area contributed by atoms with E-state index in [4.69, 9.17) is 9.15 Å². The van der Waals surface area contributed by atoms with E-state index in [9.17, 15) is 0 Å². The second-order valence-corrected chi connectivity index (χ2v) is 7.35. The van der Waals surface area contributed by atoms with E-state index >= 15 is 0 Å². The van der Waals surface area contributed by atoms with E-state index < -0.39 is 0 Å². The topological polar surface area (TPSA) is 71.7 Å². The number of aromatic nitrogens is 1. The highest BCUT2D eigenvalue weighted by atomic mass is 32.1. The van der Waals surface area contributed by atoms with Gasteiger partial charge in [0.2, 0.25) is 0 Å². The number of ether oxygens (including phenoxy) is 1. The first-order valence-corrected chi connectivity index (χ1v) is 10.7. The zero-order valence-corrected chi connectivity index (χ0v) is 17.7. The van der Waals surface area contributed by atoms with E-state index in [2.05, 4.69) is 46.8 Å². The van der Waals surface area contributed by atoms with Crippen molar-refractivity contribution in [3.63, 3.8) is 0 Å².